The molecule has 0 bridgehead atoms. The Hall–Kier alpha value is -0.370. The Bertz CT molecular complexity index is 206. The summed E-state index contributed by atoms with van der Waals surface area (Å²) >= 11 is 0. The van der Waals surface area contributed by atoms with Gasteiger partial charge in [0.2, 0.25) is 0 Å². The van der Waals surface area contributed by atoms with E-state index in [-0.39, 0.29) is 5.60 Å². The maximum Gasteiger partial charge on any atom is 0.138 e. The second-order valence-electron chi connectivity index (χ2n) is 4.61. The molecule has 1 saturated heterocycles. The van der Waals surface area contributed by atoms with E-state index in [1.807, 2.05) is 0 Å². The fourth-order valence-corrected chi connectivity index (χ4v) is 2.73. The Morgan fingerprint density at radius 3 is 2.69 bits per heavy atom. The SMILES string of the molecule is CC1(C2CCCC2)CC(=O)CCO1. The lowest BCUT2D eigenvalue weighted by atomic mass is 9.81. The number of rotatable bonds is 1. The first-order chi connectivity index (χ1) is 6.21. The number of hydrogen-bond donors (Lipinski definition) is 0. The third-order valence-corrected chi connectivity index (χ3v) is 3.58. The van der Waals surface area contributed by atoms with Crippen molar-refractivity contribution in [1.29, 1.82) is 0 Å². The van der Waals surface area contributed by atoms with Crippen molar-refractivity contribution in [3.05, 3.63) is 0 Å². The van der Waals surface area contributed by atoms with Crippen LogP contribution in [0.3, 0.4) is 0 Å². The number of ether oxygens (including phenoxy) is 1. The molecule has 2 fully saturated rings. The van der Waals surface area contributed by atoms with Gasteiger partial charge in [-0.15, -0.1) is 0 Å². The van der Waals surface area contributed by atoms with Crippen molar-refractivity contribution < 1.29 is 9.53 Å². The Labute approximate surface area is 79.7 Å². The highest BCUT2D eigenvalue weighted by atomic mass is 16.5. The number of carbonyl (C=O) groups excluding carboxylic acids is 1. The lowest BCUT2D eigenvalue weighted by Gasteiger charge is -2.38. The molecule has 0 amide bonds. The van der Waals surface area contributed by atoms with Gasteiger partial charge in [0.05, 0.1) is 12.2 Å². The monoisotopic (exact) mass is 182 g/mol. The van der Waals surface area contributed by atoms with Gasteiger partial charge in [-0.1, -0.05) is 12.8 Å². The van der Waals surface area contributed by atoms with Gasteiger partial charge in [-0.3, -0.25) is 4.79 Å². The summed E-state index contributed by atoms with van der Waals surface area (Å²) in [7, 11) is 0. The Morgan fingerprint density at radius 2 is 2.08 bits per heavy atom. The van der Waals surface area contributed by atoms with E-state index in [0.29, 0.717) is 31.1 Å². The Balaban J connectivity index is 2.04. The number of carbonyl (C=O) groups is 1. The van der Waals surface area contributed by atoms with Gasteiger partial charge in [0.1, 0.15) is 5.78 Å². The molecule has 0 radical (unpaired) electrons. The molecule has 2 heteroatoms. The van der Waals surface area contributed by atoms with Gasteiger partial charge in [-0.25, -0.2) is 0 Å². The predicted molar refractivity (Wildman–Crippen MR) is 50.6 cm³/mol. The molecule has 0 aromatic rings. The quantitative estimate of drug-likeness (QED) is 0.622. The first-order valence-electron chi connectivity index (χ1n) is 5.36. The van der Waals surface area contributed by atoms with Gasteiger partial charge >= 0.3 is 0 Å². The van der Waals surface area contributed by atoms with Gasteiger partial charge < -0.3 is 4.74 Å². The average molecular weight is 182 g/mol. The highest BCUT2D eigenvalue weighted by Gasteiger charge is 2.40. The van der Waals surface area contributed by atoms with Crippen LogP contribution >= 0.6 is 0 Å². The summed E-state index contributed by atoms with van der Waals surface area (Å²) in [5.74, 6) is 1.03. The molecule has 1 saturated carbocycles. The van der Waals surface area contributed by atoms with Crippen LogP contribution in [-0.2, 0) is 9.53 Å². The minimum atomic E-state index is -0.119. The lowest BCUT2D eigenvalue weighted by molar-refractivity contribution is -0.145. The van der Waals surface area contributed by atoms with Crippen LogP contribution in [0.2, 0.25) is 0 Å². The maximum absolute atomic E-state index is 11.4. The standard InChI is InChI=1S/C11H18O2/c1-11(9-4-2-3-5-9)8-10(12)6-7-13-11/h9H,2-8H2,1H3. The van der Waals surface area contributed by atoms with Crippen molar-refractivity contribution in [1.82, 2.24) is 0 Å². The largest absolute Gasteiger partial charge is 0.374 e. The van der Waals surface area contributed by atoms with Gasteiger partial charge in [0, 0.05) is 12.8 Å². The molecule has 1 heterocycles. The molecule has 0 spiro atoms. The van der Waals surface area contributed by atoms with Crippen LogP contribution < -0.4 is 0 Å². The van der Waals surface area contributed by atoms with Gasteiger partial charge in [-0.05, 0) is 25.7 Å². The molecule has 0 aromatic heterocycles. The van der Waals surface area contributed by atoms with Crippen molar-refractivity contribution in [3.8, 4) is 0 Å². The summed E-state index contributed by atoms with van der Waals surface area (Å²) in [6.45, 7) is 2.77. The smallest absolute Gasteiger partial charge is 0.138 e. The maximum atomic E-state index is 11.4. The van der Waals surface area contributed by atoms with E-state index in [2.05, 4.69) is 6.92 Å². The Kier molecular flexibility index (Phi) is 2.41. The molecule has 2 aliphatic rings. The van der Waals surface area contributed by atoms with Crippen LogP contribution in [0, 0.1) is 5.92 Å². The Morgan fingerprint density at radius 1 is 1.38 bits per heavy atom. The molecule has 2 rings (SSSR count). The highest BCUT2D eigenvalue weighted by molar-refractivity contribution is 5.80. The summed E-state index contributed by atoms with van der Waals surface area (Å²) in [6.07, 6.45) is 6.42. The van der Waals surface area contributed by atoms with Crippen LogP contribution in [0.5, 0.6) is 0 Å². The fourth-order valence-electron chi connectivity index (χ4n) is 2.73. The van der Waals surface area contributed by atoms with E-state index in [4.69, 9.17) is 4.74 Å². The summed E-state index contributed by atoms with van der Waals surface area (Å²) in [5, 5.41) is 0. The van der Waals surface area contributed by atoms with Gasteiger partial charge in [-0.2, -0.15) is 0 Å². The van der Waals surface area contributed by atoms with Crippen molar-refractivity contribution in [2.45, 2.75) is 51.0 Å². The van der Waals surface area contributed by atoms with E-state index in [1.165, 1.54) is 25.7 Å². The van der Waals surface area contributed by atoms with Crippen molar-refractivity contribution in [2.24, 2.45) is 5.92 Å². The minimum absolute atomic E-state index is 0.119. The summed E-state index contributed by atoms with van der Waals surface area (Å²) in [4.78, 5) is 11.4. The van der Waals surface area contributed by atoms with E-state index < -0.39 is 0 Å². The normalized spacial score (nSPS) is 36.8. The molecule has 0 N–H and O–H groups in total. The summed E-state index contributed by atoms with van der Waals surface area (Å²) in [5.41, 5.74) is -0.119. The lowest BCUT2D eigenvalue weighted by Crippen LogP contribution is -2.42. The molecule has 1 aliphatic carbocycles. The van der Waals surface area contributed by atoms with Crippen LogP contribution in [0.25, 0.3) is 0 Å². The molecule has 1 unspecified atom stereocenters. The van der Waals surface area contributed by atoms with Crippen LogP contribution in [0.15, 0.2) is 0 Å². The molecule has 1 aliphatic heterocycles. The third kappa shape index (κ3) is 1.78. The van der Waals surface area contributed by atoms with E-state index in [9.17, 15) is 4.79 Å². The van der Waals surface area contributed by atoms with E-state index in [1.54, 1.807) is 0 Å². The van der Waals surface area contributed by atoms with Crippen LogP contribution in [-0.4, -0.2) is 18.0 Å². The molecule has 1 atom stereocenters. The van der Waals surface area contributed by atoms with Gasteiger partial charge in [0.15, 0.2) is 0 Å². The van der Waals surface area contributed by atoms with Gasteiger partial charge in [0.25, 0.3) is 0 Å². The molecule has 2 nitrogen and oxygen atoms in total. The zero-order valence-corrected chi connectivity index (χ0v) is 8.34. The van der Waals surface area contributed by atoms with Crippen LogP contribution in [0.4, 0.5) is 0 Å². The molecule has 13 heavy (non-hydrogen) atoms. The molecule has 0 aromatic carbocycles. The van der Waals surface area contributed by atoms with Crippen molar-refractivity contribution in [2.75, 3.05) is 6.61 Å². The molecular formula is C11H18O2. The second kappa shape index (κ2) is 3.41. The number of hydrogen-bond acceptors (Lipinski definition) is 2. The number of ketones is 1. The molecule has 74 valence electrons. The predicted octanol–water partition coefficient (Wildman–Crippen LogP) is 2.31. The van der Waals surface area contributed by atoms with Crippen molar-refractivity contribution >= 4 is 5.78 Å². The minimum Gasteiger partial charge on any atom is -0.374 e. The van der Waals surface area contributed by atoms with E-state index in [0.717, 1.165) is 0 Å². The van der Waals surface area contributed by atoms with Crippen molar-refractivity contribution in [3.63, 3.8) is 0 Å². The van der Waals surface area contributed by atoms with E-state index >= 15 is 0 Å². The average Bonchev–Trinajstić information content (AvgIpc) is 2.55. The third-order valence-electron chi connectivity index (χ3n) is 3.58. The summed E-state index contributed by atoms with van der Waals surface area (Å²) < 4.78 is 5.80. The number of Topliss-reactive ketones (excluding diaryl/α,β-unsaturated/α-hetero) is 1. The topological polar surface area (TPSA) is 26.3 Å². The first-order valence-corrected chi connectivity index (χ1v) is 5.36. The summed E-state index contributed by atoms with van der Waals surface area (Å²) in [6, 6.07) is 0. The second-order valence-corrected chi connectivity index (χ2v) is 4.61. The fraction of sp³-hybridized carbons (Fsp3) is 0.909. The van der Waals surface area contributed by atoms with Crippen LogP contribution in [0.1, 0.15) is 45.4 Å². The molecular weight excluding hydrogens is 164 g/mol. The zero-order valence-electron chi connectivity index (χ0n) is 8.34. The zero-order chi connectivity index (χ0) is 9.31. The first kappa shape index (κ1) is 9.20. The highest BCUT2D eigenvalue weighted by Crippen LogP contribution is 2.40.